The average molecular weight is 667 g/mol. The van der Waals surface area contributed by atoms with Crippen LogP contribution in [0.3, 0.4) is 0 Å². The number of hydrogen-bond acceptors (Lipinski definition) is 6. The van der Waals surface area contributed by atoms with Crippen LogP contribution in [0.1, 0.15) is 0 Å². The maximum Gasteiger partial charge on any atom is 0.165 e. The summed E-state index contributed by atoms with van der Waals surface area (Å²) in [7, 11) is 0. The minimum atomic E-state index is 0.539. The van der Waals surface area contributed by atoms with Crippen molar-refractivity contribution in [3.63, 3.8) is 0 Å². The summed E-state index contributed by atoms with van der Waals surface area (Å²) in [5.74, 6) is 1.63. The number of aromatic nitrogens is 6. The van der Waals surface area contributed by atoms with Gasteiger partial charge in [0.2, 0.25) is 0 Å². The number of benzene rings is 5. The standard InChI is InChI=1S/C46H30N6/c1-2-12-31(13-3-1)36-18-4-5-19-37(36)38-20-6-7-21-39(38)40-24-23-33(28-42(40)41-22-8-14-32-15-11-27-49-43(32)41)44-50-45(34-16-9-25-47-29-34)52-46(51-44)35-17-10-26-48-30-35/h1-30H. The maximum atomic E-state index is 5.01. The smallest absolute Gasteiger partial charge is 0.165 e. The third kappa shape index (κ3) is 5.88. The van der Waals surface area contributed by atoms with E-state index in [2.05, 4.69) is 131 Å². The van der Waals surface area contributed by atoms with Crippen LogP contribution in [0, 0.1) is 0 Å². The number of fused-ring (bicyclic) bond motifs is 1. The van der Waals surface area contributed by atoms with Crippen LogP contribution in [-0.2, 0) is 0 Å². The van der Waals surface area contributed by atoms with Crippen LogP contribution in [0.25, 0.3) is 89.6 Å². The highest BCUT2D eigenvalue weighted by Crippen LogP contribution is 2.43. The molecule has 0 bridgehead atoms. The van der Waals surface area contributed by atoms with Gasteiger partial charge in [-0.15, -0.1) is 0 Å². The highest BCUT2D eigenvalue weighted by Gasteiger charge is 2.20. The highest BCUT2D eigenvalue weighted by atomic mass is 15.0. The van der Waals surface area contributed by atoms with Gasteiger partial charge in [0.1, 0.15) is 0 Å². The van der Waals surface area contributed by atoms with Crippen molar-refractivity contribution in [2.45, 2.75) is 0 Å². The Kier molecular flexibility index (Phi) is 8.08. The summed E-state index contributed by atoms with van der Waals surface area (Å²) in [6.07, 6.45) is 8.88. The Morgan fingerprint density at radius 1 is 0.308 bits per heavy atom. The van der Waals surface area contributed by atoms with Crippen LogP contribution >= 0.6 is 0 Å². The molecular formula is C46H30N6. The molecule has 0 unspecified atom stereocenters. The lowest BCUT2D eigenvalue weighted by atomic mass is 9.85. The van der Waals surface area contributed by atoms with Gasteiger partial charge >= 0.3 is 0 Å². The molecule has 9 rings (SSSR count). The van der Waals surface area contributed by atoms with Gasteiger partial charge in [0.15, 0.2) is 17.5 Å². The van der Waals surface area contributed by atoms with Crippen molar-refractivity contribution in [1.82, 2.24) is 29.9 Å². The van der Waals surface area contributed by atoms with Crippen molar-refractivity contribution >= 4 is 10.9 Å². The number of rotatable bonds is 7. The van der Waals surface area contributed by atoms with Gasteiger partial charge in [0.25, 0.3) is 0 Å². The summed E-state index contributed by atoms with van der Waals surface area (Å²) in [6.45, 7) is 0. The Morgan fingerprint density at radius 2 is 0.808 bits per heavy atom. The molecule has 0 radical (unpaired) electrons. The van der Waals surface area contributed by atoms with Crippen LogP contribution in [0.2, 0.25) is 0 Å². The fraction of sp³-hybridized carbons (Fsp3) is 0. The van der Waals surface area contributed by atoms with Crippen molar-refractivity contribution in [1.29, 1.82) is 0 Å². The molecule has 0 saturated carbocycles. The lowest BCUT2D eigenvalue weighted by Crippen LogP contribution is -2.01. The van der Waals surface area contributed by atoms with E-state index >= 15 is 0 Å². The van der Waals surface area contributed by atoms with E-state index < -0.39 is 0 Å². The summed E-state index contributed by atoms with van der Waals surface area (Å²) in [6, 6.07) is 52.4. The molecule has 6 heteroatoms. The average Bonchev–Trinajstić information content (AvgIpc) is 3.24. The van der Waals surface area contributed by atoms with E-state index in [0.29, 0.717) is 17.5 Å². The molecule has 9 aromatic rings. The first kappa shape index (κ1) is 30.8. The minimum Gasteiger partial charge on any atom is -0.264 e. The van der Waals surface area contributed by atoms with E-state index in [1.54, 1.807) is 24.8 Å². The van der Waals surface area contributed by atoms with Gasteiger partial charge in [-0.2, -0.15) is 0 Å². The zero-order valence-corrected chi connectivity index (χ0v) is 28.0. The van der Waals surface area contributed by atoms with E-state index in [-0.39, 0.29) is 0 Å². The largest absolute Gasteiger partial charge is 0.264 e. The first-order chi connectivity index (χ1) is 25.8. The number of nitrogens with zero attached hydrogens (tertiary/aromatic N) is 6. The molecular weight excluding hydrogens is 637 g/mol. The van der Waals surface area contributed by atoms with Crippen molar-refractivity contribution in [2.75, 3.05) is 0 Å². The molecule has 52 heavy (non-hydrogen) atoms. The Balaban J connectivity index is 1.29. The fourth-order valence-electron chi connectivity index (χ4n) is 6.76. The van der Waals surface area contributed by atoms with Gasteiger partial charge in [-0.25, -0.2) is 15.0 Å². The zero-order chi connectivity index (χ0) is 34.7. The SMILES string of the molecule is c1ccc(-c2ccccc2-c2ccccc2-c2ccc(-c3nc(-c4cccnc4)nc(-c4cccnc4)n3)cc2-c2cccc3cccnc23)cc1. The van der Waals surface area contributed by atoms with Gasteiger partial charge in [-0.3, -0.25) is 15.0 Å². The Labute approximate surface area is 301 Å². The van der Waals surface area contributed by atoms with Gasteiger partial charge in [0, 0.05) is 58.6 Å². The van der Waals surface area contributed by atoms with Crippen LogP contribution < -0.4 is 0 Å². The third-order valence-corrected chi connectivity index (χ3v) is 9.19. The molecule has 0 saturated heterocycles. The van der Waals surface area contributed by atoms with E-state index in [0.717, 1.165) is 61.0 Å². The van der Waals surface area contributed by atoms with E-state index in [1.807, 2.05) is 36.5 Å². The molecule has 0 aliphatic rings. The van der Waals surface area contributed by atoms with Crippen molar-refractivity contribution in [3.8, 4) is 78.7 Å². The zero-order valence-electron chi connectivity index (χ0n) is 28.0. The molecule has 6 nitrogen and oxygen atoms in total. The van der Waals surface area contributed by atoms with Gasteiger partial charge in [-0.1, -0.05) is 115 Å². The predicted octanol–water partition coefficient (Wildman–Crippen LogP) is 10.9. The molecule has 0 N–H and O–H groups in total. The second-order valence-electron chi connectivity index (χ2n) is 12.4. The molecule has 0 aliphatic heterocycles. The minimum absolute atomic E-state index is 0.539. The molecule has 0 aliphatic carbocycles. The number of hydrogen-bond donors (Lipinski definition) is 0. The van der Waals surface area contributed by atoms with Crippen LogP contribution in [-0.4, -0.2) is 29.9 Å². The Morgan fingerprint density at radius 3 is 1.44 bits per heavy atom. The monoisotopic (exact) mass is 666 g/mol. The van der Waals surface area contributed by atoms with Crippen LogP contribution in [0.15, 0.2) is 183 Å². The van der Waals surface area contributed by atoms with E-state index in [1.165, 1.54) is 11.1 Å². The molecule has 244 valence electrons. The molecule has 4 heterocycles. The lowest BCUT2D eigenvalue weighted by molar-refractivity contribution is 1.07. The molecule has 0 amide bonds. The first-order valence-electron chi connectivity index (χ1n) is 17.1. The van der Waals surface area contributed by atoms with Gasteiger partial charge in [-0.05, 0) is 75.3 Å². The summed E-state index contributed by atoms with van der Waals surface area (Å²) < 4.78 is 0. The Bertz CT molecular complexity index is 2620. The van der Waals surface area contributed by atoms with Gasteiger partial charge < -0.3 is 0 Å². The predicted molar refractivity (Wildman–Crippen MR) is 209 cm³/mol. The lowest BCUT2D eigenvalue weighted by Gasteiger charge is -2.19. The summed E-state index contributed by atoms with van der Waals surface area (Å²) in [5.41, 5.74) is 12.3. The molecule has 0 fully saturated rings. The second-order valence-corrected chi connectivity index (χ2v) is 12.4. The van der Waals surface area contributed by atoms with Crippen LogP contribution in [0.4, 0.5) is 0 Å². The first-order valence-corrected chi connectivity index (χ1v) is 17.1. The summed E-state index contributed by atoms with van der Waals surface area (Å²) in [4.78, 5) is 28.4. The van der Waals surface area contributed by atoms with Gasteiger partial charge in [0.05, 0.1) is 5.52 Å². The summed E-state index contributed by atoms with van der Waals surface area (Å²) >= 11 is 0. The molecule has 0 spiro atoms. The van der Waals surface area contributed by atoms with Crippen LogP contribution in [0.5, 0.6) is 0 Å². The Hall–Kier alpha value is -7.18. The van der Waals surface area contributed by atoms with Crippen molar-refractivity contribution in [2.24, 2.45) is 0 Å². The second kappa shape index (κ2) is 13.6. The fourth-order valence-corrected chi connectivity index (χ4v) is 6.76. The third-order valence-electron chi connectivity index (χ3n) is 9.19. The topological polar surface area (TPSA) is 77.3 Å². The molecule has 4 aromatic heterocycles. The van der Waals surface area contributed by atoms with E-state index in [4.69, 9.17) is 19.9 Å². The molecule has 0 atom stereocenters. The van der Waals surface area contributed by atoms with Crippen molar-refractivity contribution in [3.05, 3.63) is 183 Å². The maximum absolute atomic E-state index is 5.01. The highest BCUT2D eigenvalue weighted by molar-refractivity contribution is 6.02. The number of pyridine rings is 3. The number of para-hydroxylation sites is 1. The van der Waals surface area contributed by atoms with Crippen molar-refractivity contribution < 1.29 is 0 Å². The quantitative estimate of drug-likeness (QED) is 0.168. The molecule has 5 aromatic carbocycles. The summed E-state index contributed by atoms with van der Waals surface area (Å²) in [5, 5.41) is 1.07. The normalized spacial score (nSPS) is 11.1. The van der Waals surface area contributed by atoms with E-state index in [9.17, 15) is 0 Å².